The van der Waals surface area contributed by atoms with E-state index in [4.69, 9.17) is 5.11 Å². The van der Waals surface area contributed by atoms with E-state index < -0.39 is 0 Å². The third kappa shape index (κ3) is 7.44. The van der Waals surface area contributed by atoms with Crippen molar-refractivity contribution in [1.82, 2.24) is 0 Å². The molecule has 0 aliphatic heterocycles. The lowest BCUT2D eigenvalue weighted by molar-refractivity contribution is 0.350. The lowest BCUT2D eigenvalue weighted by atomic mass is 9.94. The average Bonchev–Trinajstić information content (AvgIpc) is 1.82. The van der Waals surface area contributed by atoms with Crippen LogP contribution in [0, 0.1) is 11.8 Å². The minimum Gasteiger partial charge on any atom is -0.513 e. The van der Waals surface area contributed by atoms with Crippen LogP contribution < -0.4 is 0 Å². The van der Waals surface area contributed by atoms with Gasteiger partial charge in [0.15, 0.2) is 0 Å². The average molecular weight is 156 g/mol. The van der Waals surface area contributed by atoms with E-state index in [1.54, 1.807) is 0 Å². The SMILES string of the molecule is C=C(O)CC[C@@H](C)CC(C)C. The molecular weight excluding hydrogens is 136 g/mol. The van der Waals surface area contributed by atoms with Gasteiger partial charge in [0.25, 0.3) is 0 Å². The summed E-state index contributed by atoms with van der Waals surface area (Å²) < 4.78 is 0. The van der Waals surface area contributed by atoms with Gasteiger partial charge >= 0.3 is 0 Å². The van der Waals surface area contributed by atoms with Gasteiger partial charge in [0, 0.05) is 6.42 Å². The van der Waals surface area contributed by atoms with Crippen LogP contribution in [0.2, 0.25) is 0 Å². The molecule has 1 heteroatoms. The van der Waals surface area contributed by atoms with Gasteiger partial charge in [0.2, 0.25) is 0 Å². The summed E-state index contributed by atoms with van der Waals surface area (Å²) >= 11 is 0. The Labute approximate surface area is 70.1 Å². The largest absolute Gasteiger partial charge is 0.513 e. The van der Waals surface area contributed by atoms with Gasteiger partial charge in [-0.2, -0.15) is 0 Å². The molecule has 0 heterocycles. The molecule has 1 nitrogen and oxygen atoms in total. The summed E-state index contributed by atoms with van der Waals surface area (Å²) in [6, 6.07) is 0. The topological polar surface area (TPSA) is 20.2 Å². The van der Waals surface area contributed by atoms with Crippen LogP contribution >= 0.6 is 0 Å². The number of rotatable bonds is 5. The van der Waals surface area contributed by atoms with Crippen molar-refractivity contribution in [2.75, 3.05) is 0 Å². The van der Waals surface area contributed by atoms with E-state index in [0.717, 1.165) is 18.8 Å². The second-order valence-corrected chi connectivity index (χ2v) is 3.84. The Morgan fingerprint density at radius 3 is 2.27 bits per heavy atom. The highest BCUT2D eigenvalue weighted by Crippen LogP contribution is 2.17. The smallest absolute Gasteiger partial charge is 0.0851 e. The van der Waals surface area contributed by atoms with Crippen LogP contribution in [0.5, 0.6) is 0 Å². The Balaban J connectivity index is 3.37. The third-order valence-corrected chi connectivity index (χ3v) is 1.80. The van der Waals surface area contributed by atoms with E-state index in [0.29, 0.717) is 11.7 Å². The molecule has 0 saturated carbocycles. The van der Waals surface area contributed by atoms with Gasteiger partial charge in [-0.25, -0.2) is 0 Å². The Morgan fingerprint density at radius 1 is 1.36 bits per heavy atom. The van der Waals surface area contributed by atoms with E-state index in [2.05, 4.69) is 27.4 Å². The van der Waals surface area contributed by atoms with E-state index in [1.807, 2.05) is 0 Å². The standard InChI is InChI=1S/C10H20O/c1-8(2)7-9(3)5-6-10(4)11/h8-9,11H,4-7H2,1-3H3/t9-/m1/s1. The maximum Gasteiger partial charge on any atom is 0.0851 e. The summed E-state index contributed by atoms with van der Waals surface area (Å²) in [5.74, 6) is 1.79. The summed E-state index contributed by atoms with van der Waals surface area (Å²) in [6.45, 7) is 10.1. The first-order valence-electron chi connectivity index (χ1n) is 4.39. The lowest BCUT2D eigenvalue weighted by Crippen LogP contribution is -2.00. The van der Waals surface area contributed by atoms with Gasteiger partial charge in [0.1, 0.15) is 0 Å². The van der Waals surface area contributed by atoms with Crippen molar-refractivity contribution < 1.29 is 5.11 Å². The molecule has 1 atom stereocenters. The number of allylic oxidation sites excluding steroid dienone is 1. The van der Waals surface area contributed by atoms with Crippen molar-refractivity contribution in [1.29, 1.82) is 0 Å². The number of hydrogen-bond acceptors (Lipinski definition) is 1. The Hall–Kier alpha value is -0.460. The van der Waals surface area contributed by atoms with Crippen LogP contribution in [-0.4, -0.2) is 5.11 Å². The zero-order valence-corrected chi connectivity index (χ0v) is 7.93. The first kappa shape index (κ1) is 10.5. The first-order valence-corrected chi connectivity index (χ1v) is 4.39. The maximum absolute atomic E-state index is 8.84. The molecule has 11 heavy (non-hydrogen) atoms. The molecule has 0 unspecified atom stereocenters. The monoisotopic (exact) mass is 156 g/mol. The van der Waals surface area contributed by atoms with Crippen LogP contribution in [0.15, 0.2) is 12.3 Å². The van der Waals surface area contributed by atoms with Crippen LogP contribution in [-0.2, 0) is 0 Å². The fraction of sp³-hybridized carbons (Fsp3) is 0.800. The van der Waals surface area contributed by atoms with E-state index in [9.17, 15) is 0 Å². The molecule has 0 aromatic carbocycles. The van der Waals surface area contributed by atoms with Gasteiger partial charge < -0.3 is 5.11 Å². The van der Waals surface area contributed by atoms with Gasteiger partial charge in [-0.3, -0.25) is 0 Å². The van der Waals surface area contributed by atoms with Crippen molar-refractivity contribution in [2.24, 2.45) is 11.8 Å². The van der Waals surface area contributed by atoms with Crippen molar-refractivity contribution in [2.45, 2.75) is 40.0 Å². The summed E-state index contributed by atoms with van der Waals surface area (Å²) in [6.07, 6.45) is 3.06. The van der Waals surface area contributed by atoms with E-state index in [-0.39, 0.29) is 0 Å². The Bertz CT molecular complexity index is 116. The molecule has 0 bridgehead atoms. The van der Waals surface area contributed by atoms with Gasteiger partial charge in [-0.15, -0.1) is 0 Å². The fourth-order valence-electron chi connectivity index (χ4n) is 1.34. The molecule has 0 saturated heterocycles. The van der Waals surface area contributed by atoms with Gasteiger partial charge in [-0.1, -0.05) is 27.4 Å². The molecule has 66 valence electrons. The van der Waals surface area contributed by atoms with Crippen molar-refractivity contribution in [3.8, 4) is 0 Å². The Morgan fingerprint density at radius 2 is 1.91 bits per heavy atom. The summed E-state index contributed by atoms with van der Waals surface area (Å²) in [4.78, 5) is 0. The molecule has 0 rings (SSSR count). The molecule has 0 amide bonds. The second-order valence-electron chi connectivity index (χ2n) is 3.84. The summed E-state index contributed by atoms with van der Waals surface area (Å²) in [7, 11) is 0. The second kappa shape index (κ2) is 5.22. The zero-order chi connectivity index (χ0) is 8.85. The molecule has 0 aliphatic rings. The van der Waals surface area contributed by atoms with Crippen molar-refractivity contribution in [3.05, 3.63) is 12.3 Å². The minimum atomic E-state index is 0.320. The fourth-order valence-corrected chi connectivity index (χ4v) is 1.34. The predicted molar refractivity (Wildman–Crippen MR) is 49.6 cm³/mol. The van der Waals surface area contributed by atoms with Crippen molar-refractivity contribution >= 4 is 0 Å². The minimum absolute atomic E-state index is 0.320. The number of hydrogen-bond donors (Lipinski definition) is 1. The summed E-state index contributed by atoms with van der Waals surface area (Å²) in [5, 5.41) is 8.84. The van der Waals surface area contributed by atoms with Crippen LogP contribution in [0.3, 0.4) is 0 Å². The van der Waals surface area contributed by atoms with E-state index in [1.165, 1.54) is 6.42 Å². The zero-order valence-electron chi connectivity index (χ0n) is 7.93. The molecule has 0 aromatic heterocycles. The quantitative estimate of drug-likeness (QED) is 0.604. The number of aliphatic hydroxyl groups excluding tert-OH is 1. The molecule has 1 N–H and O–H groups in total. The highest BCUT2D eigenvalue weighted by molar-refractivity contribution is 4.78. The normalized spacial score (nSPS) is 13.5. The predicted octanol–water partition coefficient (Wildman–Crippen LogP) is 3.52. The molecule has 0 spiro atoms. The number of aliphatic hydroxyl groups is 1. The summed E-state index contributed by atoms with van der Waals surface area (Å²) in [5.41, 5.74) is 0. The molecule has 0 fully saturated rings. The molecule has 0 radical (unpaired) electrons. The molecule has 0 aromatic rings. The highest BCUT2D eigenvalue weighted by atomic mass is 16.3. The molecule has 0 aliphatic carbocycles. The van der Waals surface area contributed by atoms with Crippen LogP contribution in [0.25, 0.3) is 0 Å². The Kier molecular flexibility index (Phi) is 5.01. The van der Waals surface area contributed by atoms with Crippen LogP contribution in [0.1, 0.15) is 40.0 Å². The van der Waals surface area contributed by atoms with Crippen molar-refractivity contribution in [3.63, 3.8) is 0 Å². The van der Waals surface area contributed by atoms with Gasteiger partial charge in [-0.05, 0) is 24.7 Å². The van der Waals surface area contributed by atoms with E-state index >= 15 is 0 Å². The molecular formula is C10H20O. The third-order valence-electron chi connectivity index (χ3n) is 1.80. The maximum atomic E-state index is 8.84. The lowest BCUT2D eigenvalue weighted by Gasteiger charge is -2.12. The highest BCUT2D eigenvalue weighted by Gasteiger charge is 2.04. The van der Waals surface area contributed by atoms with Crippen LogP contribution in [0.4, 0.5) is 0 Å². The van der Waals surface area contributed by atoms with Gasteiger partial charge in [0.05, 0.1) is 5.76 Å². The first-order chi connectivity index (χ1) is 5.02.